The molecule has 1 aliphatic carbocycles. The van der Waals surface area contributed by atoms with Crippen LogP contribution in [0.1, 0.15) is 48.2 Å². The highest BCUT2D eigenvalue weighted by molar-refractivity contribution is 6.04. The summed E-state index contributed by atoms with van der Waals surface area (Å²) < 4.78 is 0. The summed E-state index contributed by atoms with van der Waals surface area (Å²) in [5, 5.41) is 15.6. The Kier molecular flexibility index (Phi) is 6.00. The normalized spacial score (nSPS) is 14.0. The van der Waals surface area contributed by atoms with E-state index in [1.807, 2.05) is 30.3 Å². The van der Waals surface area contributed by atoms with Gasteiger partial charge >= 0.3 is 0 Å². The molecule has 2 N–H and O–H groups in total. The molecular formula is C24H23N5O. The number of nitriles is 1. The van der Waals surface area contributed by atoms with E-state index < -0.39 is 0 Å². The van der Waals surface area contributed by atoms with E-state index in [0.717, 1.165) is 18.4 Å². The number of aromatic nitrogens is 2. The smallest absolute Gasteiger partial charge is 0.274 e. The van der Waals surface area contributed by atoms with E-state index in [1.54, 1.807) is 30.3 Å². The molecule has 1 fully saturated rings. The van der Waals surface area contributed by atoms with Crippen LogP contribution in [0.25, 0.3) is 11.4 Å². The van der Waals surface area contributed by atoms with Crippen LogP contribution in [0, 0.1) is 11.3 Å². The summed E-state index contributed by atoms with van der Waals surface area (Å²) in [6.07, 6.45) is 5.87. The first-order valence-electron chi connectivity index (χ1n) is 10.2. The van der Waals surface area contributed by atoms with Gasteiger partial charge in [-0.2, -0.15) is 5.26 Å². The Labute approximate surface area is 176 Å². The number of hydrogen-bond donors (Lipinski definition) is 2. The fourth-order valence-electron chi connectivity index (χ4n) is 3.69. The molecule has 1 aromatic heterocycles. The number of para-hydroxylation sites is 1. The van der Waals surface area contributed by atoms with Crippen molar-refractivity contribution < 1.29 is 4.79 Å². The van der Waals surface area contributed by atoms with Crippen LogP contribution in [0.4, 0.5) is 11.5 Å². The van der Waals surface area contributed by atoms with Gasteiger partial charge in [0.15, 0.2) is 5.82 Å². The number of benzene rings is 2. The first kappa shape index (κ1) is 19.6. The summed E-state index contributed by atoms with van der Waals surface area (Å²) in [6, 6.07) is 20.7. The van der Waals surface area contributed by atoms with E-state index >= 15 is 0 Å². The van der Waals surface area contributed by atoms with Crippen molar-refractivity contribution in [1.82, 2.24) is 9.97 Å². The standard InChI is InChI=1S/C24H23N5O/c25-16-18-11-7-8-14-20(18)28-24(30)21-15-22(26-19-12-5-2-6-13-19)29-23(27-21)17-9-3-1-4-10-17/h1,3-4,7-11,14-15,19H,2,5-6,12-13H2,(H,28,30)(H,26,27,29). The maximum Gasteiger partial charge on any atom is 0.274 e. The number of hydrogen-bond acceptors (Lipinski definition) is 5. The highest BCUT2D eigenvalue weighted by atomic mass is 16.1. The monoisotopic (exact) mass is 397 g/mol. The van der Waals surface area contributed by atoms with Crippen molar-refractivity contribution in [2.24, 2.45) is 0 Å². The minimum Gasteiger partial charge on any atom is -0.367 e. The summed E-state index contributed by atoms with van der Waals surface area (Å²) in [4.78, 5) is 22.1. The van der Waals surface area contributed by atoms with Crippen molar-refractivity contribution in [3.8, 4) is 17.5 Å². The van der Waals surface area contributed by atoms with Crippen molar-refractivity contribution in [1.29, 1.82) is 5.26 Å². The van der Waals surface area contributed by atoms with Gasteiger partial charge in [-0.1, -0.05) is 61.7 Å². The molecule has 6 nitrogen and oxygen atoms in total. The predicted molar refractivity (Wildman–Crippen MR) is 117 cm³/mol. The average molecular weight is 397 g/mol. The minimum absolute atomic E-state index is 0.259. The molecule has 3 aromatic rings. The topological polar surface area (TPSA) is 90.7 Å². The molecule has 150 valence electrons. The molecule has 0 saturated heterocycles. The van der Waals surface area contributed by atoms with Crippen molar-refractivity contribution >= 4 is 17.4 Å². The van der Waals surface area contributed by atoms with Crippen LogP contribution in [-0.4, -0.2) is 21.9 Å². The molecule has 2 aromatic carbocycles. The second-order valence-electron chi connectivity index (χ2n) is 7.42. The van der Waals surface area contributed by atoms with Gasteiger partial charge in [0.1, 0.15) is 17.6 Å². The van der Waals surface area contributed by atoms with Crippen LogP contribution in [0.3, 0.4) is 0 Å². The molecule has 6 heteroatoms. The number of rotatable bonds is 5. The van der Waals surface area contributed by atoms with Crippen LogP contribution in [-0.2, 0) is 0 Å². The van der Waals surface area contributed by atoms with Crippen molar-refractivity contribution in [3.63, 3.8) is 0 Å². The van der Waals surface area contributed by atoms with Crippen LogP contribution in [0.15, 0.2) is 60.7 Å². The van der Waals surface area contributed by atoms with E-state index in [0.29, 0.717) is 28.9 Å². The largest absolute Gasteiger partial charge is 0.367 e. The first-order chi connectivity index (χ1) is 14.7. The molecule has 1 amide bonds. The van der Waals surface area contributed by atoms with Crippen LogP contribution < -0.4 is 10.6 Å². The highest BCUT2D eigenvalue weighted by Gasteiger charge is 2.18. The van der Waals surface area contributed by atoms with Gasteiger partial charge in [-0.25, -0.2) is 9.97 Å². The number of anilines is 2. The minimum atomic E-state index is -0.371. The SMILES string of the molecule is N#Cc1ccccc1NC(=O)c1cc(NC2CCCCC2)nc(-c2ccccc2)n1. The Morgan fingerprint density at radius 3 is 2.47 bits per heavy atom. The quantitative estimate of drug-likeness (QED) is 0.631. The van der Waals surface area contributed by atoms with E-state index in [2.05, 4.69) is 26.7 Å². The number of carbonyl (C=O) groups excluding carboxylic acids is 1. The van der Waals surface area contributed by atoms with Gasteiger partial charge in [-0.05, 0) is 25.0 Å². The molecule has 0 atom stereocenters. The van der Waals surface area contributed by atoms with Crippen LogP contribution in [0.2, 0.25) is 0 Å². The molecule has 1 heterocycles. The molecule has 0 bridgehead atoms. The van der Waals surface area contributed by atoms with Crippen LogP contribution in [0.5, 0.6) is 0 Å². The second kappa shape index (κ2) is 9.19. The zero-order chi connectivity index (χ0) is 20.8. The maximum atomic E-state index is 13.0. The first-order valence-corrected chi connectivity index (χ1v) is 10.2. The van der Waals surface area contributed by atoms with Gasteiger partial charge in [0.2, 0.25) is 0 Å². The molecule has 1 saturated carbocycles. The Morgan fingerprint density at radius 1 is 0.967 bits per heavy atom. The molecule has 0 radical (unpaired) electrons. The lowest BCUT2D eigenvalue weighted by Gasteiger charge is -2.23. The van der Waals surface area contributed by atoms with Gasteiger partial charge in [-0.15, -0.1) is 0 Å². The Morgan fingerprint density at radius 2 is 1.70 bits per heavy atom. The Balaban J connectivity index is 1.66. The van der Waals surface area contributed by atoms with Gasteiger partial charge in [0, 0.05) is 17.7 Å². The molecule has 1 aliphatic rings. The van der Waals surface area contributed by atoms with Crippen molar-refractivity contribution in [3.05, 3.63) is 71.9 Å². The van der Waals surface area contributed by atoms with E-state index in [9.17, 15) is 10.1 Å². The highest BCUT2D eigenvalue weighted by Crippen LogP contribution is 2.24. The third-order valence-corrected chi connectivity index (χ3v) is 5.24. The number of nitrogens with one attached hydrogen (secondary N) is 2. The maximum absolute atomic E-state index is 13.0. The van der Waals surface area contributed by atoms with Gasteiger partial charge in [0.05, 0.1) is 11.3 Å². The summed E-state index contributed by atoms with van der Waals surface area (Å²) in [5.74, 6) is 0.772. The Hall–Kier alpha value is -3.72. The fraction of sp³-hybridized carbons (Fsp3) is 0.250. The van der Waals surface area contributed by atoms with Crippen LogP contribution >= 0.6 is 0 Å². The molecule has 4 rings (SSSR count). The number of carbonyl (C=O) groups is 1. The van der Waals surface area contributed by atoms with E-state index in [-0.39, 0.29) is 11.6 Å². The summed E-state index contributed by atoms with van der Waals surface area (Å²) >= 11 is 0. The lowest BCUT2D eigenvalue weighted by molar-refractivity contribution is 0.102. The molecule has 0 spiro atoms. The van der Waals surface area contributed by atoms with Crippen molar-refractivity contribution in [2.45, 2.75) is 38.1 Å². The number of nitrogens with zero attached hydrogens (tertiary/aromatic N) is 3. The molecule has 30 heavy (non-hydrogen) atoms. The predicted octanol–water partition coefficient (Wildman–Crippen LogP) is 5.01. The molecule has 0 unspecified atom stereocenters. The summed E-state index contributed by atoms with van der Waals surface area (Å²) in [6.45, 7) is 0. The van der Waals surface area contributed by atoms with E-state index in [4.69, 9.17) is 0 Å². The van der Waals surface area contributed by atoms with E-state index in [1.165, 1.54) is 19.3 Å². The zero-order valence-corrected chi connectivity index (χ0v) is 16.6. The summed E-state index contributed by atoms with van der Waals surface area (Å²) in [7, 11) is 0. The zero-order valence-electron chi connectivity index (χ0n) is 16.6. The van der Waals surface area contributed by atoms with Gasteiger partial charge in [-0.3, -0.25) is 4.79 Å². The van der Waals surface area contributed by atoms with Crippen molar-refractivity contribution in [2.75, 3.05) is 10.6 Å². The lowest BCUT2D eigenvalue weighted by Crippen LogP contribution is -2.24. The third kappa shape index (κ3) is 4.64. The number of amides is 1. The molecular weight excluding hydrogens is 374 g/mol. The third-order valence-electron chi connectivity index (χ3n) is 5.24. The Bertz CT molecular complexity index is 1070. The average Bonchev–Trinajstić information content (AvgIpc) is 2.80. The second-order valence-corrected chi connectivity index (χ2v) is 7.42. The van der Waals surface area contributed by atoms with Gasteiger partial charge in [0.25, 0.3) is 5.91 Å². The fourth-order valence-corrected chi connectivity index (χ4v) is 3.69. The summed E-state index contributed by atoms with van der Waals surface area (Å²) in [5.41, 5.74) is 1.97. The molecule has 0 aliphatic heterocycles. The van der Waals surface area contributed by atoms with Gasteiger partial charge < -0.3 is 10.6 Å². The lowest BCUT2D eigenvalue weighted by atomic mass is 9.95.